The van der Waals surface area contributed by atoms with Crippen molar-refractivity contribution in [2.45, 2.75) is 52.5 Å². The van der Waals surface area contributed by atoms with Gasteiger partial charge in [-0.2, -0.15) is 0 Å². The summed E-state index contributed by atoms with van der Waals surface area (Å²) in [5.41, 5.74) is 1.28. The third-order valence-corrected chi connectivity index (χ3v) is 4.02. The van der Waals surface area contributed by atoms with Crippen LogP contribution >= 0.6 is 0 Å². The molecule has 0 saturated heterocycles. The third kappa shape index (κ3) is 5.89. The van der Waals surface area contributed by atoms with E-state index in [-0.39, 0.29) is 5.91 Å². The molecule has 0 spiro atoms. The van der Waals surface area contributed by atoms with E-state index in [0.717, 1.165) is 11.6 Å². The Hall–Kier alpha value is -2.37. The van der Waals surface area contributed by atoms with Crippen molar-refractivity contribution in [3.63, 3.8) is 0 Å². The minimum atomic E-state index is -0.0191. The number of carbonyl (C=O) groups is 1. The highest BCUT2D eigenvalue weighted by atomic mass is 16.5. The van der Waals surface area contributed by atoms with E-state index in [0.29, 0.717) is 38.0 Å². The molecule has 0 fully saturated rings. The molecule has 25 heavy (non-hydrogen) atoms. The van der Waals surface area contributed by atoms with Gasteiger partial charge >= 0.3 is 0 Å². The van der Waals surface area contributed by atoms with Gasteiger partial charge in [0.2, 0.25) is 5.91 Å². The molecule has 1 aromatic carbocycles. The summed E-state index contributed by atoms with van der Waals surface area (Å²) in [6.07, 6.45) is 2.73. The van der Waals surface area contributed by atoms with E-state index in [1.54, 1.807) is 6.33 Å². The molecule has 0 aliphatic carbocycles. The Morgan fingerprint density at radius 2 is 1.92 bits per heavy atom. The van der Waals surface area contributed by atoms with Crippen LogP contribution in [0, 0.1) is 0 Å². The minimum absolute atomic E-state index is 0.0191. The summed E-state index contributed by atoms with van der Waals surface area (Å²) in [5.74, 6) is 2.16. The number of aromatic nitrogens is 3. The zero-order valence-electron chi connectivity index (χ0n) is 15.5. The molecule has 0 atom stereocenters. The summed E-state index contributed by atoms with van der Waals surface area (Å²) in [7, 11) is 0. The van der Waals surface area contributed by atoms with E-state index in [1.807, 2.05) is 16.7 Å². The monoisotopic (exact) mass is 344 g/mol. The van der Waals surface area contributed by atoms with Crippen LogP contribution < -0.4 is 10.1 Å². The average Bonchev–Trinajstić information content (AvgIpc) is 3.04. The van der Waals surface area contributed by atoms with Crippen molar-refractivity contribution in [2.24, 2.45) is 0 Å². The summed E-state index contributed by atoms with van der Waals surface area (Å²) in [5, 5.41) is 10.9. The maximum Gasteiger partial charge on any atom is 0.223 e. The normalized spacial score (nSPS) is 11.1. The molecule has 6 nitrogen and oxygen atoms in total. The molecular weight excluding hydrogens is 316 g/mol. The second-order valence-electron chi connectivity index (χ2n) is 6.67. The first-order valence-corrected chi connectivity index (χ1v) is 8.85. The van der Waals surface area contributed by atoms with Crippen molar-refractivity contribution in [1.29, 1.82) is 0 Å². The van der Waals surface area contributed by atoms with E-state index >= 15 is 0 Å². The number of amides is 1. The maximum atomic E-state index is 11.9. The Morgan fingerprint density at radius 3 is 2.56 bits per heavy atom. The maximum absolute atomic E-state index is 11.9. The van der Waals surface area contributed by atoms with Gasteiger partial charge in [-0.25, -0.2) is 0 Å². The molecule has 0 bridgehead atoms. The van der Waals surface area contributed by atoms with Crippen LogP contribution in [0.5, 0.6) is 5.75 Å². The molecule has 1 amide bonds. The molecule has 1 N–H and O–H groups in total. The van der Waals surface area contributed by atoms with Gasteiger partial charge in [-0.3, -0.25) is 4.79 Å². The Balaban J connectivity index is 1.66. The lowest BCUT2D eigenvalue weighted by atomic mass is 10.0. The first-order chi connectivity index (χ1) is 12.0. The fourth-order valence-electron chi connectivity index (χ4n) is 2.49. The predicted molar refractivity (Wildman–Crippen MR) is 97.8 cm³/mol. The lowest BCUT2D eigenvalue weighted by Crippen LogP contribution is -2.27. The van der Waals surface area contributed by atoms with Crippen LogP contribution in [0.25, 0.3) is 0 Å². The molecule has 0 aliphatic heterocycles. The van der Waals surface area contributed by atoms with E-state index in [4.69, 9.17) is 4.74 Å². The quantitative estimate of drug-likeness (QED) is 0.759. The second-order valence-corrected chi connectivity index (χ2v) is 6.67. The number of ether oxygens (including phenoxy) is 1. The zero-order chi connectivity index (χ0) is 18.2. The SMILES string of the molecule is CC(C)c1ccc(OCCC(=O)NCCc2nncn2C(C)C)cc1. The van der Waals surface area contributed by atoms with Gasteiger partial charge in [-0.05, 0) is 37.5 Å². The Bertz CT molecular complexity index is 662. The summed E-state index contributed by atoms with van der Waals surface area (Å²) in [6, 6.07) is 8.34. The molecule has 0 unspecified atom stereocenters. The van der Waals surface area contributed by atoms with E-state index in [1.165, 1.54) is 5.56 Å². The Labute approximate surface area is 149 Å². The summed E-state index contributed by atoms with van der Waals surface area (Å²) in [4.78, 5) is 11.9. The van der Waals surface area contributed by atoms with E-state index in [2.05, 4.69) is 55.3 Å². The van der Waals surface area contributed by atoms with Crippen LogP contribution in [-0.2, 0) is 11.2 Å². The third-order valence-electron chi connectivity index (χ3n) is 4.02. The number of hydrogen-bond acceptors (Lipinski definition) is 4. The molecule has 1 aromatic heterocycles. The van der Waals surface area contributed by atoms with Crippen LogP contribution in [0.15, 0.2) is 30.6 Å². The molecule has 2 aromatic rings. The Morgan fingerprint density at radius 1 is 1.20 bits per heavy atom. The number of nitrogens with zero attached hydrogens (tertiary/aromatic N) is 3. The van der Waals surface area contributed by atoms with Crippen LogP contribution in [-0.4, -0.2) is 33.8 Å². The van der Waals surface area contributed by atoms with Gasteiger partial charge in [0.1, 0.15) is 17.9 Å². The number of benzene rings is 1. The number of rotatable bonds is 9. The van der Waals surface area contributed by atoms with E-state index in [9.17, 15) is 4.79 Å². The van der Waals surface area contributed by atoms with Gasteiger partial charge in [-0.15, -0.1) is 10.2 Å². The molecule has 1 heterocycles. The van der Waals surface area contributed by atoms with Crippen molar-refractivity contribution in [3.05, 3.63) is 42.0 Å². The molecule has 0 aliphatic rings. The number of hydrogen-bond donors (Lipinski definition) is 1. The average molecular weight is 344 g/mol. The first kappa shape index (κ1) is 19.0. The van der Waals surface area contributed by atoms with Gasteiger partial charge < -0.3 is 14.6 Å². The smallest absolute Gasteiger partial charge is 0.223 e. The van der Waals surface area contributed by atoms with Gasteiger partial charge in [0, 0.05) is 19.0 Å². The Kier molecular flexibility index (Phi) is 6.98. The summed E-state index contributed by atoms with van der Waals surface area (Å²) < 4.78 is 7.64. The zero-order valence-corrected chi connectivity index (χ0v) is 15.5. The van der Waals surface area contributed by atoms with Crippen molar-refractivity contribution in [3.8, 4) is 5.75 Å². The lowest BCUT2D eigenvalue weighted by molar-refractivity contribution is -0.121. The van der Waals surface area contributed by atoms with Crippen molar-refractivity contribution in [2.75, 3.05) is 13.2 Å². The number of carbonyl (C=O) groups excluding carboxylic acids is 1. The first-order valence-electron chi connectivity index (χ1n) is 8.85. The van der Waals surface area contributed by atoms with Gasteiger partial charge in [0.25, 0.3) is 0 Å². The van der Waals surface area contributed by atoms with Gasteiger partial charge in [-0.1, -0.05) is 26.0 Å². The highest BCUT2D eigenvalue weighted by Crippen LogP contribution is 2.18. The summed E-state index contributed by atoms with van der Waals surface area (Å²) >= 11 is 0. The van der Waals surface area contributed by atoms with Gasteiger partial charge in [0.15, 0.2) is 0 Å². The highest BCUT2D eigenvalue weighted by molar-refractivity contribution is 5.75. The molecule has 0 radical (unpaired) electrons. The highest BCUT2D eigenvalue weighted by Gasteiger charge is 2.08. The molecule has 2 rings (SSSR count). The fraction of sp³-hybridized carbons (Fsp3) is 0.526. The summed E-state index contributed by atoms with van der Waals surface area (Å²) in [6.45, 7) is 9.39. The fourth-order valence-corrected chi connectivity index (χ4v) is 2.49. The largest absolute Gasteiger partial charge is 0.493 e. The number of nitrogens with one attached hydrogen (secondary N) is 1. The van der Waals surface area contributed by atoms with Crippen LogP contribution in [0.2, 0.25) is 0 Å². The minimum Gasteiger partial charge on any atom is -0.493 e. The lowest BCUT2D eigenvalue weighted by Gasteiger charge is -2.11. The topological polar surface area (TPSA) is 69.0 Å². The molecule has 0 saturated carbocycles. The van der Waals surface area contributed by atoms with E-state index < -0.39 is 0 Å². The standard InChI is InChI=1S/C19H28N4O2/c1-14(2)16-5-7-17(8-6-16)25-12-10-19(24)20-11-9-18-22-21-13-23(18)15(3)4/h5-8,13-15H,9-12H2,1-4H3,(H,20,24). The predicted octanol–water partition coefficient (Wildman–Crippen LogP) is 3.11. The van der Waals surface area contributed by atoms with Gasteiger partial charge in [0.05, 0.1) is 13.0 Å². The molecular formula is C19H28N4O2. The second kappa shape index (κ2) is 9.20. The van der Waals surface area contributed by atoms with Crippen molar-refractivity contribution >= 4 is 5.91 Å². The van der Waals surface area contributed by atoms with Crippen LogP contribution in [0.4, 0.5) is 0 Å². The molecule has 136 valence electrons. The van der Waals surface area contributed by atoms with Crippen LogP contribution in [0.3, 0.4) is 0 Å². The molecule has 6 heteroatoms. The van der Waals surface area contributed by atoms with Crippen molar-refractivity contribution < 1.29 is 9.53 Å². The van der Waals surface area contributed by atoms with Crippen LogP contribution in [0.1, 0.15) is 57.5 Å². The van der Waals surface area contributed by atoms with Crippen molar-refractivity contribution in [1.82, 2.24) is 20.1 Å².